The first-order valence-corrected chi connectivity index (χ1v) is 7.76. The minimum atomic E-state index is 0.0119. The Morgan fingerprint density at radius 1 is 1.17 bits per heavy atom. The van der Waals surface area contributed by atoms with E-state index in [1.807, 2.05) is 0 Å². The lowest BCUT2D eigenvalue weighted by Gasteiger charge is -2.42. The van der Waals surface area contributed by atoms with Crippen LogP contribution in [0.5, 0.6) is 0 Å². The Hall–Kier alpha value is -0.340. The monoisotopic (exact) mass is 251 g/mol. The molecule has 2 unspecified atom stereocenters. The van der Waals surface area contributed by atoms with Crippen LogP contribution in [0, 0.1) is 0 Å². The third kappa shape index (κ3) is 3.36. The highest BCUT2D eigenvalue weighted by atomic mass is 16.5. The molecule has 2 rings (SSSR count). The van der Waals surface area contributed by atoms with E-state index in [4.69, 9.17) is 4.74 Å². The maximum atomic E-state index is 6.14. The molecule has 0 aromatic rings. The van der Waals surface area contributed by atoms with Gasteiger partial charge < -0.3 is 10.1 Å². The molecule has 2 atom stereocenters. The third-order valence-corrected chi connectivity index (χ3v) is 4.60. The van der Waals surface area contributed by atoms with Crippen molar-refractivity contribution in [2.24, 2.45) is 0 Å². The molecular formula is C16H29NO. The van der Waals surface area contributed by atoms with E-state index in [2.05, 4.69) is 25.4 Å². The van der Waals surface area contributed by atoms with Crippen LogP contribution in [0.1, 0.15) is 64.7 Å². The Labute approximate surface area is 112 Å². The van der Waals surface area contributed by atoms with Crippen molar-refractivity contribution in [3.8, 4) is 0 Å². The molecule has 1 heterocycles. The number of likely N-dealkylation sites (N-methyl/N-ethyl adjacent to an activating group) is 1. The lowest BCUT2D eigenvalue weighted by atomic mass is 9.81. The first kappa shape index (κ1) is 14.1. The molecule has 2 aliphatic rings. The zero-order valence-corrected chi connectivity index (χ0v) is 12.1. The highest BCUT2D eigenvalue weighted by molar-refractivity contribution is 5.18. The zero-order valence-electron chi connectivity index (χ0n) is 12.1. The maximum Gasteiger partial charge on any atom is 0.0844 e. The van der Waals surface area contributed by atoms with Crippen molar-refractivity contribution in [3.05, 3.63) is 11.6 Å². The molecule has 0 saturated carbocycles. The summed E-state index contributed by atoms with van der Waals surface area (Å²) in [6.07, 6.45) is 14.2. The van der Waals surface area contributed by atoms with E-state index in [9.17, 15) is 0 Å². The Morgan fingerprint density at radius 2 is 2.00 bits per heavy atom. The van der Waals surface area contributed by atoms with Crippen LogP contribution in [-0.2, 0) is 4.74 Å². The van der Waals surface area contributed by atoms with Crippen LogP contribution in [0.4, 0.5) is 0 Å². The number of nitrogens with one attached hydrogen (secondary N) is 1. The smallest absolute Gasteiger partial charge is 0.0844 e. The summed E-state index contributed by atoms with van der Waals surface area (Å²) >= 11 is 0. The predicted molar refractivity (Wildman–Crippen MR) is 76.8 cm³/mol. The van der Waals surface area contributed by atoms with Crippen LogP contribution >= 0.6 is 0 Å². The van der Waals surface area contributed by atoms with Gasteiger partial charge in [0, 0.05) is 6.61 Å². The lowest BCUT2D eigenvalue weighted by molar-refractivity contribution is -0.0804. The summed E-state index contributed by atoms with van der Waals surface area (Å²) in [6.45, 7) is 3.23. The van der Waals surface area contributed by atoms with E-state index in [1.165, 1.54) is 57.8 Å². The van der Waals surface area contributed by atoms with E-state index < -0.39 is 0 Å². The fourth-order valence-corrected chi connectivity index (χ4v) is 3.54. The predicted octanol–water partition coefficient (Wildman–Crippen LogP) is 3.81. The highest BCUT2D eigenvalue weighted by Gasteiger charge is 2.37. The standard InChI is InChI=1S/C16H29NO/c1-16(12-8-9-13-18-16)15(17-2)14-10-6-4-3-5-7-11-14/h10,15,17H,3-9,11-13H2,1-2H3. The van der Waals surface area contributed by atoms with Crippen molar-refractivity contribution >= 4 is 0 Å². The van der Waals surface area contributed by atoms with Gasteiger partial charge in [0.05, 0.1) is 11.6 Å². The molecule has 0 amide bonds. The Balaban J connectivity index is 2.10. The van der Waals surface area contributed by atoms with Gasteiger partial charge in [0.1, 0.15) is 0 Å². The van der Waals surface area contributed by atoms with Crippen molar-refractivity contribution in [2.75, 3.05) is 13.7 Å². The molecule has 1 aliphatic heterocycles. The largest absolute Gasteiger partial charge is 0.373 e. The summed E-state index contributed by atoms with van der Waals surface area (Å²) in [6, 6.07) is 0.413. The van der Waals surface area contributed by atoms with Gasteiger partial charge in [0.25, 0.3) is 0 Å². The number of hydrogen-bond acceptors (Lipinski definition) is 2. The second-order valence-corrected chi connectivity index (χ2v) is 6.07. The summed E-state index contributed by atoms with van der Waals surface area (Å²) in [5.74, 6) is 0. The van der Waals surface area contributed by atoms with Gasteiger partial charge in [-0.3, -0.25) is 0 Å². The van der Waals surface area contributed by atoms with Gasteiger partial charge in [-0.1, -0.05) is 24.5 Å². The molecule has 18 heavy (non-hydrogen) atoms. The molecule has 0 spiro atoms. The second kappa shape index (κ2) is 6.72. The van der Waals surface area contributed by atoms with Gasteiger partial charge in [0.2, 0.25) is 0 Å². The van der Waals surface area contributed by atoms with E-state index in [-0.39, 0.29) is 5.60 Å². The molecule has 1 saturated heterocycles. The van der Waals surface area contributed by atoms with Crippen LogP contribution in [0.2, 0.25) is 0 Å². The fraction of sp³-hybridized carbons (Fsp3) is 0.875. The fourth-order valence-electron chi connectivity index (χ4n) is 3.54. The average Bonchev–Trinajstić information content (AvgIpc) is 2.33. The number of allylic oxidation sites excluding steroid dienone is 1. The van der Waals surface area contributed by atoms with Crippen molar-refractivity contribution in [3.63, 3.8) is 0 Å². The Bertz CT molecular complexity index is 279. The lowest BCUT2D eigenvalue weighted by Crippen LogP contribution is -2.52. The third-order valence-electron chi connectivity index (χ3n) is 4.60. The SMILES string of the molecule is CNC(C1=CCCCCCC1)C1(C)CCCCO1. The van der Waals surface area contributed by atoms with Gasteiger partial charge in [-0.25, -0.2) is 0 Å². The molecule has 0 aromatic heterocycles. The minimum absolute atomic E-state index is 0.0119. The molecule has 0 aromatic carbocycles. The van der Waals surface area contributed by atoms with Gasteiger partial charge in [0.15, 0.2) is 0 Å². The topological polar surface area (TPSA) is 21.3 Å². The zero-order chi connectivity index (χ0) is 12.8. The molecule has 1 N–H and O–H groups in total. The molecule has 2 nitrogen and oxygen atoms in total. The molecule has 2 heteroatoms. The van der Waals surface area contributed by atoms with E-state index in [0.29, 0.717) is 6.04 Å². The highest BCUT2D eigenvalue weighted by Crippen LogP contribution is 2.33. The molecule has 0 bridgehead atoms. The van der Waals surface area contributed by atoms with Gasteiger partial charge in [-0.2, -0.15) is 0 Å². The first-order valence-electron chi connectivity index (χ1n) is 7.76. The maximum absolute atomic E-state index is 6.14. The van der Waals surface area contributed by atoms with Crippen molar-refractivity contribution in [2.45, 2.75) is 76.4 Å². The summed E-state index contributed by atoms with van der Waals surface area (Å²) in [5.41, 5.74) is 1.61. The number of hydrogen-bond donors (Lipinski definition) is 1. The molecule has 1 aliphatic carbocycles. The van der Waals surface area contributed by atoms with Crippen LogP contribution < -0.4 is 5.32 Å². The van der Waals surface area contributed by atoms with Gasteiger partial charge in [-0.05, 0) is 58.9 Å². The molecule has 0 radical (unpaired) electrons. The Kier molecular flexibility index (Phi) is 5.25. The van der Waals surface area contributed by atoms with Gasteiger partial charge in [-0.15, -0.1) is 0 Å². The van der Waals surface area contributed by atoms with Crippen LogP contribution in [0.25, 0.3) is 0 Å². The molecule has 104 valence electrons. The van der Waals surface area contributed by atoms with Crippen molar-refractivity contribution < 1.29 is 4.74 Å². The second-order valence-electron chi connectivity index (χ2n) is 6.07. The summed E-state index contributed by atoms with van der Waals surface area (Å²) in [5, 5.41) is 3.54. The summed E-state index contributed by atoms with van der Waals surface area (Å²) < 4.78 is 6.14. The average molecular weight is 251 g/mol. The van der Waals surface area contributed by atoms with E-state index >= 15 is 0 Å². The normalized spacial score (nSPS) is 32.2. The van der Waals surface area contributed by atoms with Crippen molar-refractivity contribution in [1.82, 2.24) is 5.32 Å². The Morgan fingerprint density at radius 3 is 2.72 bits per heavy atom. The number of rotatable bonds is 3. The number of ether oxygens (including phenoxy) is 1. The summed E-state index contributed by atoms with van der Waals surface area (Å²) in [4.78, 5) is 0. The molecular weight excluding hydrogens is 222 g/mol. The van der Waals surface area contributed by atoms with Gasteiger partial charge >= 0.3 is 0 Å². The summed E-state index contributed by atoms with van der Waals surface area (Å²) in [7, 11) is 2.09. The van der Waals surface area contributed by atoms with Crippen LogP contribution in [-0.4, -0.2) is 25.3 Å². The molecule has 1 fully saturated rings. The van der Waals surface area contributed by atoms with Crippen molar-refractivity contribution in [1.29, 1.82) is 0 Å². The van der Waals surface area contributed by atoms with Crippen LogP contribution in [0.3, 0.4) is 0 Å². The van der Waals surface area contributed by atoms with Crippen LogP contribution in [0.15, 0.2) is 11.6 Å². The quantitative estimate of drug-likeness (QED) is 0.770. The van der Waals surface area contributed by atoms with E-state index in [0.717, 1.165) is 6.61 Å². The minimum Gasteiger partial charge on any atom is -0.373 e. The van der Waals surface area contributed by atoms with E-state index in [1.54, 1.807) is 5.57 Å². The first-order chi connectivity index (χ1) is 8.76.